The number of hydrogen-bond acceptors (Lipinski definition) is 4. The van der Waals surface area contributed by atoms with Crippen LogP contribution in [0.4, 0.5) is 4.79 Å². The van der Waals surface area contributed by atoms with Crippen LogP contribution in [0.3, 0.4) is 0 Å². The molecule has 1 rings (SSSR count). The van der Waals surface area contributed by atoms with E-state index in [2.05, 4.69) is 10.1 Å². The molecule has 0 aromatic carbocycles. The Balaban J connectivity index is 2.23. The van der Waals surface area contributed by atoms with Crippen molar-refractivity contribution in [3.8, 4) is 0 Å². The van der Waals surface area contributed by atoms with Crippen LogP contribution >= 0.6 is 0 Å². The first-order chi connectivity index (χ1) is 6.65. The predicted octanol–water partition coefficient (Wildman–Crippen LogP) is -0.800. The highest BCUT2D eigenvalue weighted by molar-refractivity contribution is 5.80. The Labute approximate surface area is 82.1 Å². The molecule has 14 heavy (non-hydrogen) atoms. The first kappa shape index (κ1) is 10.8. The van der Waals surface area contributed by atoms with Gasteiger partial charge in [0.2, 0.25) is 0 Å². The van der Waals surface area contributed by atoms with E-state index >= 15 is 0 Å². The van der Waals surface area contributed by atoms with Crippen LogP contribution in [0.1, 0.15) is 0 Å². The van der Waals surface area contributed by atoms with E-state index in [9.17, 15) is 9.59 Å². The van der Waals surface area contributed by atoms with Crippen molar-refractivity contribution in [3.63, 3.8) is 0 Å². The lowest BCUT2D eigenvalue weighted by atomic mass is 10.2. The number of urea groups is 1. The van der Waals surface area contributed by atoms with E-state index < -0.39 is 5.97 Å². The fourth-order valence-electron chi connectivity index (χ4n) is 0.957. The fraction of sp³-hybridized carbons (Fsp3) is 0.750. The number of esters is 1. The van der Waals surface area contributed by atoms with Crippen LogP contribution in [0.5, 0.6) is 0 Å². The van der Waals surface area contributed by atoms with Crippen molar-refractivity contribution < 1.29 is 19.1 Å². The number of carbonyl (C=O) groups excluding carboxylic acids is 2. The van der Waals surface area contributed by atoms with E-state index in [-0.39, 0.29) is 18.6 Å². The van der Waals surface area contributed by atoms with Crippen LogP contribution in [0.25, 0.3) is 0 Å². The molecule has 2 amide bonds. The Morgan fingerprint density at radius 2 is 2.21 bits per heavy atom. The molecule has 0 aromatic heterocycles. The molecule has 1 heterocycles. The number of ether oxygens (including phenoxy) is 2. The molecule has 0 bridgehead atoms. The van der Waals surface area contributed by atoms with Crippen molar-refractivity contribution in [2.24, 2.45) is 0 Å². The zero-order valence-corrected chi connectivity index (χ0v) is 8.28. The first-order valence-corrected chi connectivity index (χ1v) is 4.30. The van der Waals surface area contributed by atoms with Crippen LogP contribution in [0, 0.1) is 0 Å². The molecule has 1 aliphatic heterocycles. The lowest BCUT2D eigenvalue weighted by Gasteiger charge is -2.34. The fourth-order valence-corrected chi connectivity index (χ4v) is 0.957. The lowest BCUT2D eigenvalue weighted by Crippen LogP contribution is -2.53. The quantitative estimate of drug-likeness (QED) is 0.608. The Bertz CT molecular complexity index is 227. The second kappa shape index (κ2) is 4.80. The number of amides is 2. The van der Waals surface area contributed by atoms with E-state index in [0.29, 0.717) is 13.2 Å². The van der Waals surface area contributed by atoms with Crippen molar-refractivity contribution >= 4 is 12.0 Å². The van der Waals surface area contributed by atoms with Gasteiger partial charge in [-0.25, -0.2) is 4.79 Å². The smallest absolute Gasteiger partial charge is 0.325 e. The van der Waals surface area contributed by atoms with Gasteiger partial charge < -0.3 is 19.7 Å². The molecule has 1 saturated heterocycles. The summed E-state index contributed by atoms with van der Waals surface area (Å²) in [7, 11) is 2.94. The van der Waals surface area contributed by atoms with Crippen molar-refractivity contribution in [2.75, 3.05) is 33.9 Å². The number of hydrogen-bond donors (Lipinski definition) is 1. The van der Waals surface area contributed by atoms with Crippen LogP contribution in [-0.2, 0) is 14.3 Å². The average molecular weight is 202 g/mol. The lowest BCUT2D eigenvalue weighted by molar-refractivity contribution is -0.139. The summed E-state index contributed by atoms with van der Waals surface area (Å²) in [4.78, 5) is 23.6. The molecule has 0 radical (unpaired) electrons. The van der Waals surface area contributed by atoms with Gasteiger partial charge in [-0.2, -0.15) is 0 Å². The van der Waals surface area contributed by atoms with Gasteiger partial charge in [-0.3, -0.25) is 4.79 Å². The van der Waals surface area contributed by atoms with Gasteiger partial charge in [0, 0.05) is 7.05 Å². The number of methoxy groups -OCH3 is 1. The van der Waals surface area contributed by atoms with Gasteiger partial charge in [0.05, 0.1) is 26.4 Å². The van der Waals surface area contributed by atoms with E-state index in [4.69, 9.17) is 4.74 Å². The molecule has 6 heteroatoms. The molecular weight excluding hydrogens is 188 g/mol. The summed E-state index contributed by atoms with van der Waals surface area (Å²) in [6, 6.07) is -0.170. The van der Waals surface area contributed by atoms with Gasteiger partial charge >= 0.3 is 12.0 Å². The second-order valence-corrected chi connectivity index (χ2v) is 3.04. The normalized spacial score (nSPS) is 15.6. The summed E-state index contributed by atoms with van der Waals surface area (Å²) in [5.74, 6) is -0.461. The van der Waals surface area contributed by atoms with E-state index in [1.54, 1.807) is 7.05 Å². The van der Waals surface area contributed by atoms with Gasteiger partial charge in [0.25, 0.3) is 0 Å². The third-order valence-electron chi connectivity index (χ3n) is 2.10. The maximum atomic E-state index is 11.3. The van der Waals surface area contributed by atoms with Gasteiger partial charge in [-0.1, -0.05) is 0 Å². The Hall–Kier alpha value is -1.30. The van der Waals surface area contributed by atoms with Gasteiger partial charge in [-0.05, 0) is 0 Å². The third-order valence-corrected chi connectivity index (χ3v) is 2.10. The molecule has 0 unspecified atom stereocenters. The number of rotatable bonds is 3. The molecular formula is C8H14N2O4. The molecule has 1 aliphatic rings. The predicted molar refractivity (Wildman–Crippen MR) is 47.8 cm³/mol. The summed E-state index contributed by atoms with van der Waals surface area (Å²) in [6.07, 6.45) is 0. The monoisotopic (exact) mass is 202 g/mol. The third kappa shape index (κ3) is 2.59. The van der Waals surface area contributed by atoms with Crippen LogP contribution < -0.4 is 5.32 Å². The van der Waals surface area contributed by atoms with Crippen LogP contribution in [0.2, 0.25) is 0 Å². The van der Waals surface area contributed by atoms with Gasteiger partial charge in [0.1, 0.15) is 6.54 Å². The summed E-state index contributed by atoms with van der Waals surface area (Å²) in [5.41, 5.74) is 0. The van der Waals surface area contributed by atoms with Crippen LogP contribution in [0.15, 0.2) is 0 Å². The molecule has 0 spiro atoms. The summed E-state index contributed by atoms with van der Waals surface area (Å²) < 4.78 is 9.32. The average Bonchev–Trinajstić information content (AvgIpc) is 2.10. The van der Waals surface area contributed by atoms with Crippen LogP contribution in [-0.4, -0.2) is 56.9 Å². The number of nitrogens with one attached hydrogen (secondary N) is 1. The number of likely N-dealkylation sites (N-methyl/N-ethyl adjacent to an activating group) is 1. The molecule has 0 atom stereocenters. The van der Waals surface area contributed by atoms with E-state index in [1.165, 1.54) is 12.0 Å². The SMILES string of the molecule is COC(=O)CNC(=O)N(C)C1COC1. The summed E-state index contributed by atoms with van der Waals surface area (Å²) in [6.45, 7) is 1.01. The highest BCUT2D eigenvalue weighted by atomic mass is 16.5. The van der Waals surface area contributed by atoms with Gasteiger partial charge in [0.15, 0.2) is 0 Å². The highest BCUT2D eigenvalue weighted by Crippen LogP contribution is 2.07. The Morgan fingerprint density at radius 1 is 1.57 bits per heavy atom. The highest BCUT2D eigenvalue weighted by Gasteiger charge is 2.26. The minimum atomic E-state index is -0.461. The molecule has 0 aromatic rings. The number of carbonyl (C=O) groups is 2. The molecule has 80 valence electrons. The zero-order chi connectivity index (χ0) is 10.6. The first-order valence-electron chi connectivity index (χ1n) is 4.30. The van der Waals surface area contributed by atoms with Crippen molar-refractivity contribution in [1.82, 2.24) is 10.2 Å². The minimum absolute atomic E-state index is 0.104. The summed E-state index contributed by atoms with van der Waals surface area (Å²) >= 11 is 0. The molecule has 1 fully saturated rings. The topological polar surface area (TPSA) is 67.9 Å². The number of nitrogens with zero attached hydrogens (tertiary/aromatic N) is 1. The maximum absolute atomic E-state index is 11.3. The van der Waals surface area contributed by atoms with Gasteiger partial charge in [-0.15, -0.1) is 0 Å². The van der Waals surface area contributed by atoms with Crippen molar-refractivity contribution in [3.05, 3.63) is 0 Å². The Morgan fingerprint density at radius 3 is 2.64 bits per heavy atom. The van der Waals surface area contributed by atoms with E-state index in [1.807, 2.05) is 0 Å². The zero-order valence-electron chi connectivity index (χ0n) is 8.28. The molecule has 0 saturated carbocycles. The molecule has 1 N–H and O–H groups in total. The maximum Gasteiger partial charge on any atom is 0.325 e. The molecule has 6 nitrogen and oxygen atoms in total. The van der Waals surface area contributed by atoms with Crippen molar-refractivity contribution in [2.45, 2.75) is 6.04 Å². The second-order valence-electron chi connectivity index (χ2n) is 3.04. The standard InChI is InChI=1S/C8H14N2O4/c1-10(6-4-14-5-6)8(12)9-3-7(11)13-2/h6H,3-5H2,1-2H3,(H,9,12). The summed E-state index contributed by atoms with van der Waals surface area (Å²) in [5, 5.41) is 2.44. The molecule has 0 aliphatic carbocycles. The largest absolute Gasteiger partial charge is 0.468 e. The van der Waals surface area contributed by atoms with Crippen molar-refractivity contribution in [1.29, 1.82) is 0 Å². The Kier molecular flexibility index (Phi) is 3.70. The minimum Gasteiger partial charge on any atom is -0.468 e. The van der Waals surface area contributed by atoms with E-state index in [0.717, 1.165) is 0 Å².